The van der Waals surface area contributed by atoms with E-state index in [2.05, 4.69) is 14.3 Å². The largest absolute Gasteiger partial charge is 0.496 e. The van der Waals surface area contributed by atoms with Crippen molar-refractivity contribution in [3.63, 3.8) is 0 Å². The lowest BCUT2D eigenvalue weighted by molar-refractivity contribution is 0.0739. The van der Waals surface area contributed by atoms with Crippen molar-refractivity contribution in [2.24, 2.45) is 0 Å². The molecule has 0 N–H and O–H groups in total. The Morgan fingerprint density at radius 2 is 1.68 bits per heavy atom. The Morgan fingerprint density at radius 1 is 1.03 bits per heavy atom. The number of hydrogen-bond acceptors (Lipinski definition) is 7. The lowest BCUT2D eigenvalue weighted by atomic mass is 10.1. The normalized spacial score (nSPS) is 13.9. The summed E-state index contributed by atoms with van der Waals surface area (Å²) in [6, 6.07) is 11.7. The minimum atomic E-state index is -0.256. The Hall–Kier alpha value is -3.20. The van der Waals surface area contributed by atoms with E-state index in [0.717, 1.165) is 10.7 Å². The molecule has 4 rings (SSSR count). The van der Waals surface area contributed by atoms with Gasteiger partial charge in [-0.15, -0.1) is 0 Å². The molecule has 1 fully saturated rings. The van der Waals surface area contributed by atoms with Crippen LogP contribution in [0.15, 0.2) is 42.5 Å². The summed E-state index contributed by atoms with van der Waals surface area (Å²) in [4.78, 5) is 21.7. The monoisotopic (exact) mass is 442 g/mol. The molecule has 1 aromatic heterocycles. The van der Waals surface area contributed by atoms with Crippen LogP contribution in [0, 0.1) is 5.82 Å². The van der Waals surface area contributed by atoms with Crippen LogP contribution in [0.1, 0.15) is 21.7 Å². The number of carbonyl (C=O) groups is 1. The molecule has 0 bridgehead atoms. The predicted octanol–water partition coefficient (Wildman–Crippen LogP) is 3.25. The number of methoxy groups -OCH3 is 2. The van der Waals surface area contributed by atoms with E-state index in [4.69, 9.17) is 9.47 Å². The number of nitrogens with zero attached hydrogens (tertiary/aromatic N) is 4. The van der Waals surface area contributed by atoms with Gasteiger partial charge in [-0.1, -0.05) is 18.2 Å². The van der Waals surface area contributed by atoms with Crippen LogP contribution in [-0.2, 0) is 6.42 Å². The minimum absolute atomic E-state index is 0.108. The van der Waals surface area contributed by atoms with E-state index in [0.29, 0.717) is 55.5 Å². The molecule has 1 aliphatic rings. The average molecular weight is 443 g/mol. The van der Waals surface area contributed by atoms with Gasteiger partial charge in [0, 0.05) is 44.1 Å². The third-order valence-corrected chi connectivity index (χ3v) is 6.03. The van der Waals surface area contributed by atoms with E-state index >= 15 is 0 Å². The highest BCUT2D eigenvalue weighted by Crippen LogP contribution is 2.30. The molecule has 7 nitrogen and oxygen atoms in total. The zero-order valence-corrected chi connectivity index (χ0v) is 18.2. The van der Waals surface area contributed by atoms with Gasteiger partial charge in [0.05, 0.1) is 14.2 Å². The van der Waals surface area contributed by atoms with Crippen molar-refractivity contribution in [1.29, 1.82) is 0 Å². The van der Waals surface area contributed by atoms with Crippen molar-refractivity contribution in [2.75, 3.05) is 45.3 Å². The molecule has 3 aromatic rings. The molecule has 0 unspecified atom stereocenters. The van der Waals surface area contributed by atoms with Gasteiger partial charge in [-0.25, -0.2) is 9.37 Å². The third-order valence-electron chi connectivity index (χ3n) is 5.21. The van der Waals surface area contributed by atoms with Gasteiger partial charge in [0.25, 0.3) is 5.91 Å². The minimum Gasteiger partial charge on any atom is -0.496 e. The number of benzene rings is 2. The van der Waals surface area contributed by atoms with Crippen molar-refractivity contribution >= 4 is 22.6 Å². The van der Waals surface area contributed by atoms with Crippen LogP contribution in [0.25, 0.3) is 0 Å². The zero-order valence-electron chi connectivity index (χ0n) is 17.4. The maximum Gasteiger partial charge on any atom is 0.261 e. The molecule has 9 heteroatoms. The summed E-state index contributed by atoms with van der Waals surface area (Å²) < 4.78 is 28.3. The summed E-state index contributed by atoms with van der Waals surface area (Å²) in [6.45, 7) is 2.45. The number of halogens is 1. The Morgan fingerprint density at radius 3 is 2.29 bits per heavy atom. The average Bonchev–Trinajstić information content (AvgIpc) is 3.28. The fourth-order valence-electron chi connectivity index (χ4n) is 3.55. The molecule has 1 aliphatic heterocycles. The van der Waals surface area contributed by atoms with Gasteiger partial charge in [0.15, 0.2) is 0 Å². The van der Waals surface area contributed by atoms with Gasteiger partial charge < -0.3 is 19.3 Å². The Bertz CT molecular complexity index is 1030. The van der Waals surface area contributed by atoms with E-state index in [1.165, 1.54) is 23.7 Å². The number of ether oxygens (including phenoxy) is 2. The lowest BCUT2D eigenvalue weighted by Crippen LogP contribution is -2.48. The summed E-state index contributed by atoms with van der Waals surface area (Å²) in [6.07, 6.45) is 0.558. The number of piperazine rings is 1. The molecule has 0 saturated carbocycles. The van der Waals surface area contributed by atoms with Gasteiger partial charge in [-0.2, -0.15) is 4.37 Å². The number of anilines is 1. The molecular weight excluding hydrogens is 419 g/mol. The fourth-order valence-corrected chi connectivity index (χ4v) is 4.29. The number of rotatable bonds is 6. The summed E-state index contributed by atoms with van der Waals surface area (Å²) in [7, 11) is 3.09. The first-order valence-corrected chi connectivity index (χ1v) is 10.7. The Balaban J connectivity index is 1.40. The summed E-state index contributed by atoms with van der Waals surface area (Å²) >= 11 is 1.34. The number of aromatic nitrogens is 2. The van der Waals surface area contributed by atoms with Crippen LogP contribution in [0.5, 0.6) is 11.5 Å². The molecule has 162 valence electrons. The van der Waals surface area contributed by atoms with Crippen LogP contribution in [0.3, 0.4) is 0 Å². The molecule has 0 aliphatic carbocycles. The SMILES string of the molecule is COc1cccc(OC)c1C(=O)N1CCN(c2nc(Cc3ccc(F)cc3)ns2)CC1. The van der Waals surface area contributed by atoms with Crippen LogP contribution < -0.4 is 14.4 Å². The fraction of sp³-hybridized carbons (Fsp3) is 0.318. The third kappa shape index (κ3) is 4.61. The summed E-state index contributed by atoms with van der Waals surface area (Å²) in [5.74, 6) is 1.35. The van der Waals surface area contributed by atoms with Crippen molar-refractivity contribution in [1.82, 2.24) is 14.3 Å². The molecule has 1 amide bonds. The zero-order chi connectivity index (χ0) is 21.8. The second kappa shape index (κ2) is 9.30. The molecule has 0 atom stereocenters. The van der Waals surface area contributed by atoms with Gasteiger partial charge in [-0.3, -0.25) is 4.79 Å². The van der Waals surface area contributed by atoms with Crippen molar-refractivity contribution in [3.05, 3.63) is 65.2 Å². The van der Waals surface area contributed by atoms with Gasteiger partial charge in [0.1, 0.15) is 28.7 Å². The second-order valence-corrected chi connectivity index (χ2v) is 7.84. The first-order valence-electron chi connectivity index (χ1n) is 9.91. The molecular formula is C22H23FN4O3S. The standard InChI is InChI=1S/C22H23FN4O3S/c1-29-17-4-3-5-18(30-2)20(17)21(28)26-10-12-27(13-11-26)22-24-19(25-31-22)14-15-6-8-16(23)9-7-15/h3-9H,10-14H2,1-2H3. The molecule has 1 saturated heterocycles. The number of carbonyl (C=O) groups excluding carboxylic acids is 1. The van der Waals surface area contributed by atoms with E-state index in [1.54, 1.807) is 49.5 Å². The first kappa shape index (κ1) is 21.0. The van der Waals surface area contributed by atoms with Gasteiger partial charge in [0.2, 0.25) is 5.13 Å². The highest BCUT2D eigenvalue weighted by Gasteiger charge is 2.28. The van der Waals surface area contributed by atoms with Crippen LogP contribution in [-0.4, -0.2) is 60.6 Å². The Kier molecular flexibility index (Phi) is 6.31. The molecule has 0 spiro atoms. The van der Waals surface area contributed by atoms with Crippen molar-refractivity contribution in [2.45, 2.75) is 6.42 Å². The van der Waals surface area contributed by atoms with E-state index in [-0.39, 0.29) is 11.7 Å². The molecule has 31 heavy (non-hydrogen) atoms. The van der Waals surface area contributed by atoms with Gasteiger partial charge >= 0.3 is 0 Å². The maximum atomic E-state index is 13.1. The highest BCUT2D eigenvalue weighted by molar-refractivity contribution is 7.09. The quantitative estimate of drug-likeness (QED) is 0.584. The topological polar surface area (TPSA) is 67.8 Å². The van der Waals surface area contributed by atoms with Gasteiger partial charge in [-0.05, 0) is 29.8 Å². The van der Waals surface area contributed by atoms with Crippen molar-refractivity contribution < 1.29 is 18.7 Å². The first-order chi connectivity index (χ1) is 15.1. The highest BCUT2D eigenvalue weighted by atomic mass is 32.1. The van der Waals surface area contributed by atoms with E-state index in [1.807, 2.05) is 0 Å². The smallest absolute Gasteiger partial charge is 0.261 e. The predicted molar refractivity (Wildman–Crippen MR) is 117 cm³/mol. The lowest BCUT2D eigenvalue weighted by Gasteiger charge is -2.34. The van der Waals surface area contributed by atoms with Crippen molar-refractivity contribution in [3.8, 4) is 11.5 Å². The van der Waals surface area contributed by atoms with E-state index < -0.39 is 0 Å². The van der Waals surface area contributed by atoms with E-state index in [9.17, 15) is 9.18 Å². The van der Waals surface area contributed by atoms with Crippen LogP contribution in [0.4, 0.5) is 9.52 Å². The molecule has 0 radical (unpaired) electrons. The summed E-state index contributed by atoms with van der Waals surface area (Å²) in [5.41, 5.74) is 1.41. The Labute approximate surface area is 184 Å². The van der Waals surface area contributed by atoms with Crippen LogP contribution >= 0.6 is 11.5 Å². The molecule has 2 aromatic carbocycles. The van der Waals surface area contributed by atoms with Crippen LogP contribution in [0.2, 0.25) is 0 Å². The maximum absolute atomic E-state index is 13.1. The number of amides is 1. The number of hydrogen-bond donors (Lipinski definition) is 0. The summed E-state index contributed by atoms with van der Waals surface area (Å²) in [5, 5.41) is 0.832. The second-order valence-electron chi connectivity index (χ2n) is 7.11. The molecule has 2 heterocycles.